The molecule has 1 aliphatic heterocycles. The van der Waals surface area contributed by atoms with Gasteiger partial charge in [0.05, 0.1) is 6.04 Å². The predicted octanol–water partition coefficient (Wildman–Crippen LogP) is -0.997. The molecule has 6 nitrogen and oxygen atoms in total. The molecule has 7 heteroatoms. The Hall–Kier alpha value is -0.660. The second-order valence-corrected chi connectivity index (χ2v) is 5.87. The van der Waals surface area contributed by atoms with Crippen LogP contribution >= 0.6 is 0 Å². The van der Waals surface area contributed by atoms with E-state index in [2.05, 4.69) is 5.32 Å². The normalized spacial score (nSPS) is 18.9. The van der Waals surface area contributed by atoms with Crippen LogP contribution in [0.4, 0.5) is 0 Å². The van der Waals surface area contributed by atoms with Crippen LogP contribution in [0.15, 0.2) is 0 Å². The Morgan fingerprint density at radius 3 is 2.40 bits per heavy atom. The lowest BCUT2D eigenvalue weighted by atomic mass is 10.2. The summed E-state index contributed by atoms with van der Waals surface area (Å²) in [5, 5.41) is 2.74. The van der Waals surface area contributed by atoms with E-state index in [0.29, 0.717) is 19.5 Å². The molecule has 15 heavy (non-hydrogen) atoms. The zero-order valence-electron chi connectivity index (χ0n) is 9.23. The first-order chi connectivity index (χ1) is 6.87. The van der Waals surface area contributed by atoms with E-state index in [1.807, 2.05) is 0 Å². The largest absolute Gasteiger partial charge is 0.351 e. The molecular weight excluding hydrogens is 218 g/mol. The van der Waals surface area contributed by atoms with Crippen molar-refractivity contribution in [1.82, 2.24) is 13.9 Å². The lowest BCUT2D eigenvalue weighted by molar-refractivity contribution is -0.122. The Labute approximate surface area is 90.4 Å². The minimum Gasteiger partial charge on any atom is -0.351 e. The average Bonchev–Trinajstić information content (AvgIpc) is 2.09. The maximum absolute atomic E-state index is 11.6. The number of amides is 1. The van der Waals surface area contributed by atoms with Crippen molar-refractivity contribution in [2.75, 3.05) is 27.2 Å². The molecule has 1 aliphatic rings. The highest BCUT2D eigenvalue weighted by atomic mass is 32.2. The quantitative estimate of drug-likeness (QED) is 0.679. The molecule has 1 N–H and O–H groups in total. The lowest BCUT2D eigenvalue weighted by Gasteiger charge is -2.39. The van der Waals surface area contributed by atoms with Crippen LogP contribution in [0.5, 0.6) is 0 Å². The summed E-state index contributed by atoms with van der Waals surface area (Å²) >= 11 is 0. The third kappa shape index (κ3) is 2.67. The van der Waals surface area contributed by atoms with Crippen LogP contribution in [0.2, 0.25) is 0 Å². The molecule has 0 aromatic carbocycles. The molecule has 1 rings (SSSR count). The number of carbonyl (C=O) groups excluding carboxylic acids is 1. The number of carbonyl (C=O) groups is 1. The molecule has 0 spiro atoms. The number of hydrogen-bond acceptors (Lipinski definition) is 3. The van der Waals surface area contributed by atoms with Gasteiger partial charge in [-0.05, 0) is 0 Å². The molecular formula is C8H17N3O3S. The third-order valence-electron chi connectivity index (χ3n) is 2.32. The fourth-order valence-corrected chi connectivity index (χ4v) is 2.48. The van der Waals surface area contributed by atoms with Gasteiger partial charge in [0.25, 0.3) is 10.2 Å². The smallest absolute Gasteiger partial charge is 0.281 e. The molecule has 0 radical (unpaired) electrons. The van der Waals surface area contributed by atoms with Gasteiger partial charge in [0, 0.05) is 33.6 Å². The van der Waals surface area contributed by atoms with Crippen molar-refractivity contribution >= 4 is 16.1 Å². The molecule has 1 amide bonds. The van der Waals surface area contributed by atoms with Crippen LogP contribution in [0.3, 0.4) is 0 Å². The summed E-state index contributed by atoms with van der Waals surface area (Å²) in [4.78, 5) is 11.0. The van der Waals surface area contributed by atoms with Gasteiger partial charge in [-0.25, -0.2) is 0 Å². The second-order valence-electron chi connectivity index (χ2n) is 3.73. The third-order valence-corrected chi connectivity index (χ3v) is 4.20. The molecule has 88 valence electrons. The summed E-state index contributed by atoms with van der Waals surface area (Å²) in [5.41, 5.74) is 0. The molecule has 0 unspecified atom stereocenters. The summed E-state index contributed by atoms with van der Waals surface area (Å²) in [5.74, 6) is -0.0399. The van der Waals surface area contributed by atoms with Crippen molar-refractivity contribution in [3.05, 3.63) is 0 Å². The first-order valence-electron chi connectivity index (χ1n) is 4.85. The molecule has 0 atom stereocenters. The zero-order chi connectivity index (χ0) is 11.6. The summed E-state index contributed by atoms with van der Waals surface area (Å²) in [6, 6.07) is -0.0350. The van der Waals surface area contributed by atoms with E-state index >= 15 is 0 Å². The van der Waals surface area contributed by atoms with Crippen LogP contribution in [0.25, 0.3) is 0 Å². The predicted molar refractivity (Wildman–Crippen MR) is 56.4 cm³/mol. The maximum atomic E-state index is 11.6. The van der Waals surface area contributed by atoms with Crippen LogP contribution in [0.1, 0.15) is 13.3 Å². The Morgan fingerprint density at radius 1 is 1.47 bits per heavy atom. The van der Waals surface area contributed by atoms with Gasteiger partial charge in [0.2, 0.25) is 5.91 Å². The van der Waals surface area contributed by atoms with Crippen LogP contribution < -0.4 is 5.32 Å². The lowest BCUT2D eigenvalue weighted by Crippen LogP contribution is -2.62. The first kappa shape index (κ1) is 12.4. The number of hydrogen-bond donors (Lipinski definition) is 1. The van der Waals surface area contributed by atoms with Crippen molar-refractivity contribution in [3.8, 4) is 0 Å². The van der Waals surface area contributed by atoms with Gasteiger partial charge < -0.3 is 5.32 Å². The molecule has 0 aliphatic carbocycles. The van der Waals surface area contributed by atoms with Crippen molar-refractivity contribution < 1.29 is 13.2 Å². The first-order valence-corrected chi connectivity index (χ1v) is 6.24. The topological polar surface area (TPSA) is 69.7 Å². The van der Waals surface area contributed by atoms with Crippen molar-refractivity contribution in [3.63, 3.8) is 0 Å². The van der Waals surface area contributed by atoms with Crippen LogP contribution in [-0.2, 0) is 15.0 Å². The SMILES string of the molecule is CCC(=O)NC1CN(S(=O)(=O)N(C)C)C1. The maximum Gasteiger partial charge on any atom is 0.281 e. The van der Waals surface area contributed by atoms with Gasteiger partial charge in [0.15, 0.2) is 0 Å². The monoisotopic (exact) mass is 235 g/mol. The fraction of sp³-hybridized carbons (Fsp3) is 0.875. The van der Waals surface area contributed by atoms with Gasteiger partial charge in [-0.2, -0.15) is 17.0 Å². The second kappa shape index (κ2) is 4.46. The van der Waals surface area contributed by atoms with Crippen molar-refractivity contribution in [2.45, 2.75) is 19.4 Å². The Balaban J connectivity index is 2.41. The van der Waals surface area contributed by atoms with Gasteiger partial charge in [-0.15, -0.1) is 0 Å². The Morgan fingerprint density at radius 2 is 2.00 bits per heavy atom. The highest BCUT2D eigenvalue weighted by Crippen LogP contribution is 2.15. The van der Waals surface area contributed by atoms with E-state index in [0.717, 1.165) is 0 Å². The highest BCUT2D eigenvalue weighted by Gasteiger charge is 2.37. The summed E-state index contributed by atoms with van der Waals surface area (Å²) in [7, 11) is -0.314. The van der Waals surface area contributed by atoms with Gasteiger partial charge in [-0.3, -0.25) is 4.79 Å². The summed E-state index contributed by atoms with van der Waals surface area (Å²) in [6.07, 6.45) is 0.428. The van der Waals surface area contributed by atoms with E-state index in [9.17, 15) is 13.2 Å². The number of rotatable bonds is 4. The minimum absolute atomic E-state index is 0.0350. The van der Waals surface area contributed by atoms with E-state index in [-0.39, 0.29) is 11.9 Å². The molecule has 0 aromatic heterocycles. The number of nitrogens with one attached hydrogen (secondary N) is 1. The standard InChI is InChI=1S/C8H17N3O3S/c1-4-8(12)9-7-5-11(6-7)15(13,14)10(2)3/h7H,4-6H2,1-3H3,(H,9,12). The highest BCUT2D eigenvalue weighted by molar-refractivity contribution is 7.86. The van der Waals surface area contributed by atoms with Gasteiger partial charge >= 0.3 is 0 Å². The Bertz CT molecular complexity index is 333. The van der Waals surface area contributed by atoms with Crippen molar-refractivity contribution in [1.29, 1.82) is 0 Å². The van der Waals surface area contributed by atoms with E-state index in [1.54, 1.807) is 6.92 Å². The van der Waals surface area contributed by atoms with E-state index in [1.165, 1.54) is 22.7 Å². The number of nitrogens with zero attached hydrogens (tertiary/aromatic N) is 2. The fourth-order valence-electron chi connectivity index (χ4n) is 1.28. The van der Waals surface area contributed by atoms with Crippen molar-refractivity contribution in [2.24, 2.45) is 0 Å². The summed E-state index contributed by atoms with van der Waals surface area (Å²) < 4.78 is 25.6. The molecule has 0 bridgehead atoms. The molecule has 0 saturated carbocycles. The van der Waals surface area contributed by atoms with Gasteiger partial charge in [-0.1, -0.05) is 6.92 Å². The summed E-state index contributed by atoms with van der Waals surface area (Å²) in [6.45, 7) is 2.50. The van der Waals surface area contributed by atoms with Crippen LogP contribution in [0, 0.1) is 0 Å². The van der Waals surface area contributed by atoms with Gasteiger partial charge in [0.1, 0.15) is 0 Å². The Kier molecular flexibility index (Phi) is 3.69. The molecule has 1 heterocycles. The molecule has 1 saturated heterocycles. The average molecular weight is 235 g/mol. The minimum atomic E-state index is -3.30. The van der Waals surface area contributed by atoms with Crippen LogP contribution in [-0.4, -0.2) is 56.2 Å². The molecule has 1 fully saturated rings. The van der Waals surface area contributed by atoms with E-state index in [4.69, 9.17) is 0 Å². The zero-order valence-corrected chi connectivity index (χ0v) is 10.0. The molecule has 0 aromatic rings. The van der Waals surface area contributed by atoms with E-state index < -0.39 is 10.2 Å².